The fourth-order valence-electron chi connectivity index (χ4n) is 1.80. The highest BCUT2D eigenvalue weighted by molar-refractivity contribution is 6.29. The molecule has 0 aliphatic carbocycles. The Hall–Kier alpha value is -2.14. The molecule has 6 heteroatoms. The molecule has 2 rings (SSSR count). The number of carbonyl (C=O) groups is 1. The summed E-state index contributed by atoms with van der Waals surface area (Å²) in [7, 11) is 0. The van der Waals surface area contributed by atoms with Crippen molar-refractivity contribution >= 4 is 17.6 Å². The van der Waals surface area contributed by atoms with Crippen molar-refractivity contribution in [1.29, 1.82) is 0 Å². The van der Waals surface area contributed by atoms with Crippen LogP contribution in [0.2, 0.25) is 5.15 Å². The Balaban J connectivity index is 2.21. The number of nitrogens with zero attached hydrogens (tertiary/aromatic N) is 2. The van der Waals surface area contributed by atoms with E-state index in [9.17, 15) is 4.79 Å². The molecule has 0 saturated carbocycles. The summed E-state index contributed by atoms with van der Waals surface area (Å²) in [6, 6.07) is 7.01. The molecular weight excluding hydrogens is 280 g/mol. The minimum atomic E-state index is -1.15. The van der Waals surface area contributed by atoms with Crippen molar-refractivity contribution in [3.8, 4) is 5.75 Å². The van der Waals surface area contributed by atoms with E-state index < -0.39 is 5.97 Å². The van der Waals surface area contributed by atoms with Crippen LogP contribution in [-0.4, -0.2) is 21.0 Å². The average molecular weight is 293 g/mol. The lowest BCUT2D eigenvalue weighted by Crippen LogP contribution is -2.08. The number of aromatic nitrogens is 2. The minimum absolute atomic E-state index is 0.0620. The predicted molar refractivity (Wildman–Crippen MR) is 74.2 cm³/mol. The smallest absolute Gasteiger partial charge is 0.354 e. The van der Waals surface area contributed by atoms with Gasteiger partial charge < -0.3 is 9.84 Å². The van der Waals surface area contributed by atoms with Gasteiger partial charge in [0.2, 0.25) is 0 Å². The van der Waals surface area contributed by atoms with Crippen LogP contribution in [0.4, 0.5) is 0 Å². The summed E-state index contributed by atoms with van der Waals surface area (Å²) in [5, 5.41) is 9.00. The van der Waals surface area contributed by atoms with Crippen LogP contribution in [0, 0.1) is 13.8 Å². The van der Waals surface area contributed by atoms with Crippen LogP contribution in [0.1, 0.15) is 27.4 Å². The van der Waals surface area contributed by atoms with Gasteiger partial charge in [0.25, 0.3) is 0 Å². The minimum Gasteiger partial charge on any atom is -0.485 e. The number of carboxylic acid groups (broad SMARTS) is 1. The van der Waals surface area contributed by atoms with Gasteiger partial charge in [0.05, 0.1) is 0 Å². The predicted octanol–water partition coefficient (Wildman–Crippen LogP) is 3.02. The Morgan fingerprint density at radius 1 is 1.30 bits per heavy atom. The van der Waals surface area contributed by atoms with Crippen molar-refractivity contribution in [3.05, 3.63) is 52.1 Å². The standard InChI is InChI=1S/C14H13ClN2O3/c1-8-4-3-5-9(2)13(8)20-7-12-16-10(14(18)19)6-11(15)17-12/h3-6H,7H2,1-2H3,(H,18,19). The van der Waals surface area contributed by atoms with Gasteiger partial charge >= 0.3 is 5.97 Å². The SMILES string of the molecule is Cc1cccc(C)c1OCc1nc(Cl)cc(C(=O)O)n1. The molecule has 0 bridgehead atoms. The molecule has 1 aromatic carbocycles. The second kappa shape index (κ2) is 5.88. The molecule has 104 valence electrons. The third kappa shape index (κ3) is 3.24. The van der Waals surface area contributed by atoms with Gasteiger partial charge in [0.15, 0.2) is 11.5 Å². The largest absolute Gasteiger partial charge is 0.485 e. The monoisotopic (exact) mass is 292 g/mol. The number of para-hydroxylation sites is 1. The van der Waals surface area contributed by atoms with E-state index in [1.54, 1.807) is 0 Å². The summed E-state index contributed by atoms with van der Waals surface area (Å²) in [4.78, 5) is 18.7. The summed E-state index contributed by atoms with van der Waals surface area (Å²) in [6.45, 7) is 3.93. The average Bonchev–Trinajstić information content (AvgIpc) is 2.37. The van der Waals surface area contributed by atoms with Crippen molar-refractivity contribution in [1.82, 2.24) is 9.97 Å². The molecule has 0 aliphatic rings. The highest BCUT2D eigenvalue weighted by Crippen LogP contribution is 2.23. The lowest BCUT2D eigenvalue weighted by molar-refractivity contribution is 0.0689. The summed E-state index contributed by atoms with van der Waals surface area (Å²) in [5.74, 6) is -0.173. The molecular formula is C14H13ClN2O3. The number of hydrogen-bond donors (Lipinski definition) is 1. The van der Waals surface area contributed by atoms with Crippen LogP contribution in [0.15, 0.2) is 24.3 Å². The lowest BCUT2D eigenvalue weighted by Gasteiger charge is -2.11. The second-order valence-corrected chi connectivity index (χ2v) is 4.69. The Kier molecular flexibility index (Phi) is 4.20. The van der Waals surface area contributed by atoms with Gasteiger partial charge in [-0.05, 0) is 25.0 Å². The highest BCUT2D eigenvalue weighted by Gasteiger charge is 2.11. The van der Waals surface area contributed by atoms with E-state index in [1.807, 2.05) is 32.0 Å². The number of aromatic carboxylic acids is 1. The van der Waals surface area contributed by atoms with E-state index in [-0.39, 0.29) is 23.3 Å². The van der Waals surface area contributed by atoms with E-state index in [4.69, 9.17) is 21.4 Å². The van der Waals surface area contributed by atoms with Crippen molar-refractivity contribution in [2.24, 2.45) is 0 Å². The number of aryl methyl sites for hydroxylation is 2. The van der Waals surface area contributed by atoms with E-state index in [2.05, 4.69) is 9.97 Å². The van der Waals surface area contributed by atoms with Crippen LogP contribution in [0.5, 0.6) is 5.75 Å². The van der Waals surface area contributed by atoms with Gasteiger partial charge in [0.1, 0.15) is 17.5 Å². The van der Waals surface area contributed by atoms with E-state index in [0.29, 0.717) is 0 Å². The molecule has 0 fully saturated rings. The van der Waals surface area contributed by atoms with Crippen molar-refractivity contribution in [2.75, 3.05) is 0 Å². The third-order valence-corrected chi connectivity index (χ3v) is 2.91. The van der Waals surface area contributed by atoms with E-state index in [0.717, 1.165) is 16.9 Å². The zero-order valence-corrected chi connectivity index (χ0v) is 11.8. The number of hydrogen-bond acceptors (Lipinski definition) is 4. The van der Waals surface area contributed by atoms with Gasteiger partial charge in [-0.2, -0.15) is 0 Å². The fraction of sp³-hybridized carbons (Fsp3) is 0.214. The van der Waals surface area contributed by atoms with Gasteiger partial charge in [-0.1, -0.05) is 29.8 Å². The Morgan fingerprint density at radius 3 is 2.55 bits per heavy atom. The molecule has 2 aromatic rings. The lowest BCUT2D eigenvalue weighted by atomic mass is 10.1. The Labute approximate surface area is 121 Å². The van der Waals surface area contributed by atoms with Gasteiger partial charge in [-0.15, -0.1) is 0 Å². The zero-order valence-electron chi connectivity index (χ0n) is 11.1. The zero-order chi connectivity index (χ0) is 14.7. The molecule has 1 aromatic heterocycles. The topological polar surface area (TPSA) is 72.3 Å². The molecule has 0 radical (unpaired) electrons. The van der Waals surface area contributed by atoms with Gasteiger partial charge in [-0.3, -0.25) is 0 Å². The molecule has 0 unspecified atom stereocenters. The van der Waals surface area contributed by atoms with Crippen molar-refractivity contribution in [2.45, 2.75) is 20.5 Å². The molecule has 1 N–H and O–H groups in total. The second-order valence-electron chi connectivity index (χ2n) is 4.31. The quantitative estimate of drug-likeness (QED) is 0.877. The normalized spacial score (nSPS) is 10.3. The van der Waals surface area contributed by atoms with E-state index in [1.165, 1.54) is 6.07 Å². The molecule has 1 heterocycles. The number of rotatable bonds is 4. The summed E-state index contributed by atoms with van der Waals surface area (Å²) < 4.78 is 5.67. The summed E-state index contributed by atoms with van der Waals surface area (Å²) in [5.41, 5.74) is 1.83. The molecule has 20 heavy (non-hydrogen) atoms. The molecule has 0 atom stereocenters. The fourth-order valence-corrected chi connectivity index (χ4v) is 2.00. The summed E-state index contributed by atoms with van der Waals surface area (Å²) in [6.07, 6.45) is 0. The number of ether oxygens (including phenoxy) is 1. The first-order chi connectivity index (χ1) is 9.47. The molecule has 0 amide bonds. The summed E-state index contributed by atoms with van der Waals surface area (Å²) >= 11 is 5.77. The Morgan fingerprint density at radius 2 is 1.95 bits per heavy atom. The van der Waals surface area contributed by atoms with Gasteiger partial charge in [-0.25, -0.2) is 14.8 Å². The molecule has 0 spiro atoms. The first kappa shape index (κ1) is 14.3. The first-order valence-electron chi connectivity index (χ1n) is 5.93. The van der Waals surface area contributed by atoms with Crippen LogP contribution >= 0.6 is 11.6 Å². The maximum atomic E-state index is 10.9. The molecule has 0 saturated heterocycles. The molecule has 5 nitrogen and oxygen atoms in total. The maximum absolute atomic E-state index is 10.9. The van der Waals surface area contributed by atoms with E-state index >= 15 is 0 Å². The van der Waals surface area contributed by atoms with Crippen LogP contribution in [0.3, 0.4) is 0 Å². The first-order valence-corrected chi connectivity index (χ1v) is 6.31. The van der Waals surface area contributed by atoms with Crippen LogP contribution in [-0.2, 0) is 6.61 Å². The van der Waals surface area contributed by atoms with Gasteiger partial charge in [0, 0.05) is 6.07 Å². The van der Waals surface area contributed by atoms with Crippen molar-refractivity contribution in [3.63, 3.8) is 0 Å². The molecule has 0 aliphatic heterocycles. The Bertz CT molecular complexity index is 639. The number of halogens is 1. The van der Waals surface area contributed by atoms with Crippen LogP contribution in [0.25, 0.3) is 0 Å². The van der Waals surface area contributed by atoms with Crippen LogP contribution < -0.4 is 4.74 Å². The number of benzene rings is 1. The maximum Gasteiger partial charge on any atom is 0.354 e. The third-order valence-electron chi connectivity index (χ3n) is 2.71. The number of carboxylic acids is 1. The van der Waals surface area contributed by atoms with Crippen molar-refractivity contribution < 1.29 is 14.6 Å². The highest BCUT2D eigenvalue weighted by atomic mass is 35.5.